The van der Waals surface area contributed by atoms with Gasteiger partial charge in [-0.2, -0.15) is 0 Å². The van der Waals surface area contributed by atoms with Crippen LogP contribution in [0.25, 0.3) is 0 Å². The van der Waals surface area contributed by atoms with E-state index in [4.69, 9.17) is 4.74 Å². The van der Waals surface area contributed by atoms with Gasteiger partial charge in [-0.3, -0.25) is 4.90 Å². The van der Waals surface area contributed by atoms with Crippen molar-refractivity contribution in [1.82, 2.24) is 4.90 Å². The van der Waals surface area contributed by atoms with Crippen LogP contribution in [0.3, 0.4) is 0 Å². The summed E-state index contributed by atoms with van der Waals surface area (Å²) < 4.78 is 6.09. The van der Waals surface area contributed by atoms with Crippen molar-refractivity contribution in [1.29, 1.82) is 0 Å². The Kier molecular flexibility index (Phi) is 10.9. The molecule has 1 saturated carbocycles. The van der Waals surface area contributed by atoms with Crippen molar-refractivity contribution in [3.63, 3.8) is 0 Å². The van der Waals surface area contributed by atoms with Crippen LogP contribution in [0, 0.1) is 5.41 Å². The molecule has 168 valence electrons. The smallest absolute Gasteiger partial charge is 0.102 e. The average Bonchev–Trinajstić information content (AvgIpc) is 2.91. The Labute approximate surface area is 173 Å². The van der Waals surface area contributed by atoms with Crippen LogP contribution in [0.4, 0.5) is 0 Å². The van der Waals surface area contributed by atoms with Crippen LogP contribution >= 0.6 is 0 Å². The molecule has 28 heavy (non-hydrogen) atoms. The molecule has 0 aromatic heterocycles. The Balaban J connectivity index is 2.65. The summed E-state index contributed by atoms with van der Waals surface area (Å²) in [5.74, 6) is 0. The predicted molar refractivity (Wildman–Crippen MR) is 115 cm³/mol. The second-order valence-corrected chi connectivity index (χ2v) is 9.79. The molecule has 0 radical (unpaired) electrons. The van der Waals surface area contributed by atoms with E-state index in [-0.39, 0.29) is 18.1 Å². The maximum absolute atomic E-state index is 11.0. The van der Waals surface area contributed by atoms with Gasteiger partial charge in [0.05, 0.1) is 30.5 Å². The van der Waals surface area contributed by atoms with Gasteiger partial charge in [-0.25, -0.2) is 0 Å². The molecule has 0 aromatic rings. The number of rotatable bonds is 14. The van der Waals surface area contributed by atoms with Crippen molar-refractivity contribution < 1.29 is 20.1 Å². The fraction of sp³-hybridized carbons (Fsp3) is 1.00. The van der Waals surface area contributed by atoms with E-state index in [1.54, 1.807) is 0 Å². The molecule has 5 atom stereocenters. The molecular weight excluding hydrogens is 354 g/mol. The summed E-state index contributed by atoms with van der Waals surface area (Å²) >= 11 is 0. The summed E-state index contributed by atoms with van der Waals surface area (Å²) in [7, 11) is 2.01. The van der Waals surface area contributed by atoms with Crippen LogP contribution in [0.5, 0.6) is 0 Å². The zero-order valence-corrected chi connectivity index (χ0v) is 19.3. The molecule has 0 bridgehead atoms. The van der Waals surface area contributed by atoms with Crippen molar-refractivity contribution in [2.75, 3.05) is 20.2 Å². The van der Waals surface area contributed by atoms with Crippen LogP contribution in [0.2, 0.25) is 0 Å². The summed E-state index contributed by atoms with van der Waals surface area (Å²) in [5, 5.41) is 32.0. The van der Waals surface area contributed by atoms with Gasteiger partial charge in [0, 0.05) is 6.42 Å². The normalized spacial score (nSPS) is 28.1. The van der Waals surface area contributed by atoms with Crippen LogP contribution < -0.4 is 0 Å². The highest BCUT2D eigenvalue weighted by Gasteiger charge is 2.47. The Morgan fingerprint density at radius 3 is 2.14 bits per heavy atom. The Morgan fingerprint density at radius 2 is 1.54 bits per heavy atom. The number of aliphatic hydroxyl groups excluding tert-OH is 2. The highest BCUT2D eigenvalue weighted by Crippen LogP contribution is 2.37. The van der Waals surface area contributed by atoms with Crippen molar-refractivity contribution in [2.24, 2.45) is 5.41 Å². The molecule has 0 aliphatic heterocycles. The first-order valence-corrected chi connectivity index (χ1v) is 11.5. The lowest BCUT2D eigenvalue weighted by Gasteiger charge is -2.42. The third kappa shape index (κ3) is 7.24. The van der Waals surface area contributed by atoms with Crippen molar-refractivity contribution in [3.05, 3.63) is 0 Å². The molecule has 5 nitrogen and oxygen atoms in total. The molecule has 0 aromatic carbocycles. The van der Waals surface area contributed by atoms with Gasteiger partial charge < -0.3 is 20.1 Å². The first kappa shape index (κ1) is 25.8. The molecule has 0 heterocycles. The molecule has 0 saturated heterocycles. The minimum Gasteiger partial charge on any atom is -0.391 e. The van der Waals surface area contributed by atoms with Gasteiger partial charge in [0.1, 0.15) is 6.10 Å². The molecule has 1 aliphatic carbocycles. The molecule has 5 unspecified atom stereocenters. The van der Waals surface area contributed by atoms with Crippen LogP contribution in [-0.2, 0) is 4.74 Å². The molecule has 1 aliphatic rings. The maximum atomic E-state index is 11.0. The zero-order chi connectivity index (χ0) is 21.4. The first-order chi connectivity index (χ1) is 13.1. The van der Waals surface area contributed by atoms with E-state index in [1.165, 1.54) is 25.7 Å². The SMILES string of the molecule is CCCCCCCN(C)C1C(O)CC(O)C1OCC(C)(O)C(C)(C)CCCC. The van der Waals surface area contributed by atoms with Crippen LogP contribution in [0.1, 0.15) is 92.4 Å². The lowest BCUT2D eigenvalue weighted by Crippen LogP contribution is -2.51. The number of nitrogens with zero attached hydrogens (tertiary/aromatic N) is 1. The third-order valence-corrected chi connectivity index (χ3v) is 6.89. The lowest BCUT2D eigenvalue weighted by molar-refractivity contribution is -0.150. The van der Waals surface area contributed by atoms with Gasteiger partial charge in [0.15, 0.2) is 0 Å². The Bertz CT molecular complexity index is 427. The van der Waals surface area contributed by atoms with E-state index in [1.807, 2.05) is 14.0 Å². The lowest BCUT2D eigenvalue weighted by atomic mass is 9.73. The summed E-state index contributed by atoms with van der Waals surface area (Å²) in [6, 6.07) is -0.226. The van der Waals surface area contributed by atoms with Gasteiger partial charge in [0.2, 0.25) is 0 Å². The Hall–Kier alpha value is -0.200. The molecule has 0 spiro atoms. The summed E-state index contributed by atoms with van der Waals surface area (Å²) in [4.78, 5) is 2.13. The van der Waals surface area contributed by atoms with Gasteiger partial charge >= 0.3 is 0 Å². The number of aliphatic hydroxyl groups is 3. The number of hydrogen-bond acceptors (Lipinski definition) is 5. The topological polar surface area (TPSA) is 73.2 Å². The van der Waals surface area contributed by atoms with Gasteiger partial charge in [0.25, 0.3) is 0 Å². The molecular formula is C23H47NO4. The summed E-state index contributed by atoms with van der Waals surface area (Å²) in [6.07, 6.45) is 7.68. The van der Waals surface area contributed by atoms with E-state index in [0.717, 1.165) is 32.2 Å². The quantitative estimate of drug-likeness (QED) is 0.387. The third-order valence-electron chi connectivity index (χ3n) is 6.89. The molecule has 0 amide bonds. The number of likely N-dealkylation sites (N-methyl/N-ethyl adjacent to an activating group) is 1. The summed E-state index contributed by atoms with van der Waals surface area (Å²) in [5.41, 5.74) is -1.26. The minimum absolute atomic E-state index is 0.166. The van der Waals surface area contributed by atoms with Crippen molar-refractivity contribution in [3.8, 4) is 0 Å². The molecule has 1 rings (SSSR count). The molecule has 3 N–H and O–H groups in total. The summed E-state index contributed by atoms with van der Waals surface area (Å²) in [6.45, 7) is 11.4. The van der Waals surface area contributed by atoms with E-state index in [9.17, 15) is 15.3 Å². The minimum atomic E-state index is -0.987. The van der Waals surface area contributed by atoms with E-state index < -0.39 is 23.9 Å². The van der Waals surface area contributed by atoms with Crippen molar-refractivity contribution >= 4 is 0 Å². The largest absolute Gasteiger partial charge is 0.391 e. The maximum Gasteiger partial charge on any atom is 0.102 e. The van der Waals surface area contributed by atoms with Crippen LogP contribution in [-0.4, -0.2) is 70.4 Å². The second-order valence-electron chi connectivity index (χ2n) is 9.79. The molecule has 1 fully saturated rings. The number of ether oxygens (including phenoxy) is 1. The van der Waals surface area contributed by atoms with Crippen LogP contribution in [0.15, 0.2) is 0 Å². The number of unbranched alkanes of at least 4 members (excludes halogenated alkanes) is 5. The predicted octanol–water partition coefficient (Wildman–Crippen LogP) is 3.74. The monoisotopic (exact) mass is 401 g/mol. The fourth-order valence-corrected chi connectivity index (χ4v) is 4.18. The van der Waals surface area contributed by atoms with Gasteiger partial charge in [-0.1, -0.05) is 66.2 Å². The van der Waals surface area contributed by atoms with Crippen molar-refractivity contribution in [2.45, 2.75) is 122 Å². The van der Waals surface area contributed by atoms with Gasteiger partial charge in [-0.05, 0) is 38.8 Å². The van der Waals surface area contributed by atoms with E-state index in [0.29, 0.717) is 6.42 Å². The first-order valence-electron chi connectivity index (χ1n) is 11.5. The highest BCUT2D eigenvalue weighted by atomic mass is 16.5. The number of hydrogen-bond donors (Lipinski definition) is 3. The Morgan fingerprint density at radius 1 is 0.929 bits per heavy atom. The van der Waals surface area contributed by atoms with E-state index >= 15 is 0 Å². The fourth-order valence-electron chi connectivity index (χ4n) is 4.18. The standard InChI is InChI=1S/C23H47NO4/c1-7-9-11-12-13-15-24(6)20-18(25)16-19(26)21(20)28-17-23(5,27)22(3,4)14-10-8-2/h18-21,25-27H,7-17H2,1-6H3. The second kappa shape index (κ2) is 11.8. The van der Waals surface area contributed by atoms with E-state index in [2.05, 4.69) is 32.6 Å². The zero-order valence-electron chi connectivity index (χ0n) is 19.3. The molecule has 5 heteroatoms. The highest BCUT2D eigenvalue weighted by molar-refractivity contribution is 4.99. The van der Waals surface area contributed by atoms with Gasteiger partial charge in [-0.15, -0.1) is 0 Å². The average molecular weight is 402 g/mol.